The van der Waals surface area contributed by atoms with E-state index >= 15 is 0 Å². The molecule has 8 nitrogen and oxygen atoms in total. The molecule has 12 aromatic rings. The summed E-state index contributed by atoms with van der Waals surface area (Å²) in [6.45, 7) is 0. The molecule has 0 unspecified atom stereocenters. The van der Waals surface area contributed by atoms with E-state index in [1.165, 1.54) is 32.6 Å². The Balaban J connectivity index is 0.000000116. The second kappa shape index (κ2) is 15.8. The van der Waals surface area contributed by atoms with Crippen molar-refractivity contribution in [2.75, 3.05) is 0 Å². The van der Waals surface area contributed by atoms with Crippen molar-refractivity contribution in [1.82, 2.24) is 29.1 Å². The summed E-state index contributed by atoms with van der Waals surface area (Å²) in [6, 6.07) is 65.3. The van der Waals surface area contributed by atoms with Crippen LogP contribution in [0.2, 0.25) is 0 Å². The van der Waals surface area contributed by atoms with Crippen LogP contribution in [0.5, 0.6) is 0 Å². The lowest BCUT2D eigenvalue weighted by atomic mass is 9.90. The minimum atomic E-state index is -1.60. The molecule has 0 amide bonds. The number of H-pyrrole nitrogens is 2. The molecule has 0 aliphatic rings. The maximum Gasteiger partial charge on any atom is 0.526 e. The molecule has 0 bridgehead atoms. The third-order valence-corrected chi connectivity index (χ3v) is 11.3. The number of benzene rings is 8. The molecule has 0 spiro atoms. The van der Waals surface area contributed by atoms with Gasteiger partial charge in [0.05, 0.1) is 33.1 Å². The highest BCUT2D eigenvalue weighted by Gasteiger charge is 2.22. The summed E-state index contributed by atoms with van der Waals surface area (Å²) >= 11 is 3.54. The van der Waals surface area contributed by atoms with Crippen molar-refractivity contribution >= 4 is 94.5 Å². The Bertz CT molecular complexity index is 3450. The average Bonchev–Trinajstić information content (AvgIpc) is 4.08. The lowest BCUT2D eigenvalue weighted by Crippen LogP contribution is -2.37. The zero-order valence-electron chi connectivity index (χ0n) is 32.1. The number of nitrogens with zero attached hydrogens (tertiary/aromatic N) is 4. The maximum atomic E-state index is 9.44. The number of fused-ring (bicyclic) bond motifs is 8. The topological polar surface area (TPSA) is 108 Å². The van der Waals surface area contributed by atoms with E-state index in [0.717, 1.165) is 60.3 Å². The largest absolute Gasteiger partial charge is 0.526 e. The molecule has 0 radical (unpaired) electrons. The lowest BCUT2D eigenvalue weighted by Gasteiger charge is -2.10. The second-order valence-electron chi connectivity index (χ2n) is 14.3. The summed E-state index contributed by atoms with van der Waals surface area (Å²) in [4.78, 5) is 16.3. The normalized spacial score (nSPS) is 11.2. The lowest BCUT2D eigenvalue weighted by molar-refractivity contribution is 0.422. The Hall–Kier alpha value is -7.24. The van der Waals surface area contributed by atoms with Gasteiger partial charge in [-0.05, 0) is 88.7 Å². The van der Waals surface area contributed by atoms with Gasteiger partial charge in [-0.1, -0.05) is 121 Å². The fraction of sp³-hybridized carbons (Fsp3) is 0. The van der Waals surface area contributed by atoms with Crippen molar-refractivity contribution in [3.05, 3.63) is 199 Å². The molecule has 60 heavy (non-hydrogen) atoms. The van der Waals surface area contributed by atoms with Gasteiger partial charge in [-0.3, -0.25) is 9.13 Å². The van der Waals surface area contributed by atoms with Crippen LogP contribution in [0.3, 0.4) is 0 Å². The van der Waals surface area contributed by atoms with Gasteiger partial charge in [0.2, 0.25) is 0 Å². The monoisotopic (exact) mass is 842 g/mol. The van der Waals surface area contributed by atoms with Crippen LogP contribution < -0.4 is 5.72 Å². The van der Waals surface area contributed by atoms with Gasteiger partial charge in [-0.15, -0.1) is 0 Å². The summed E-state index contributed by atoms with van der Waals surface area (Å²) in [5, 5.41) is 23.9. The summed E-state index contributed by atoms with van der Waals surface area (Å²) in [6.07, 6.45) is 0. The van der Waals surface area contributed by atoms with E-state index < -0.39 is 7.12 Å². The Morgan fingerprint density at radius 3 is 1.53 bits per heavy atom. The first-order chi connectivity index (χ1) is 29.5. The van der Waals surface area contributed by atoms with Gasteiger partial charge in [0.15, 0.2) is 0 Å². The molecule has 0 fully saturated rings. The third-order valence-electron chi connectivity index (χ3n) is 10.7. The predicted molar refractivity (Wildman–Crippen MR) is 250 cm³/mol. The summed E-state index contributed by atoms with van der Waals surface area (Å²) in [5.74, 6) is 0.949. The van der Waals surface area contributed by atoms with Crippen molar-refractivity contribution < 1.29 is 10.0 Å². The van der Waals surface area contributed by atoms with Crippen LogP contribution in [0, 0.1) is 0 Å². The zero-order chi connectivity index (χ0) is 40.6. The van der Waals surface area contributed by atoms with Crippen molar-refractivity contribution in [3.63, 3.8) is 0 Å². The van der Waals surface area contributed by atoms with Gasteiger partial charge >= 0.3 is 7.12 Å². The maximum absolute atomic E-state index is 9.44. The predicted octanol–water partition coefficient (Wildman–Crippen LogP) is 11.1. The third kappa shape index (κ3) is 6.72. The molecule has 288 valence electrons. The standard InChI is InChI=1S/C25H17N3.C13H11BN2O2.C12H8BrN/c1-2-9-17(10-3-1)28-23-16-7-6-15-22(23)27-25(28)20-13-8-12-19-18-11-4-5-14-21(18)26-24(19)20;17-14(18)13-15-11-8-4-5-9-12(11)16(13)10-6-2-1-3-7-10;13-10-6-3-5-9-8-4-1-2-7-11(8)14-12(9)10/h1-16,26H;1-9,17-18H;1-7,14H. The minimum absolute atomic E-state index is 0.224. The molecule has 0 saturated heterocycles. The van der Waals surface area contributed by atoms with Crippen LogP contribution in [-0.2, 0) is 0 Å². The molecule has 0 aliphatic heterocycles. The number of para-hydroxylation sites is 10. The average molecular weight is 844 g/mol. The molecular weight excluding hydrogens is 807 g/mol. The summed E-state index contributed by atoms with van der Waals surface area (Å²) < 4.78 is 5.11. The molecule has 4 aromatic heterocycles. The molecule has 4 heterocycles. The number of hydrogen-bond donors (Lipinski definition) is 4. The van der Waals surface area contributed by atoms with Crippen molar-refractivity contribution in [2.45, 2.75) is 0 Å². The first kappa shape index (κ1) is 37.1. The van der Waals surface area contributed by atoms with E-state index in [2.05, 4.69) is 157 Å². The fourth-order valence-corrected chi connectivity index (χ4v) is 8.47. The van der Waals surface area contributed by atoms with Crippen molar-refractivity contribution in [2.24, 2.45) is 0 Å². The number of nitrogens with one attached hydrogen (secondary N) is 2. The molecule has 0 saturated carbocycles. The Labute approximate surface area is 353 Å². The van der Waals surface area contributed by atoms with E-state index in [1.807, 2.05) is 72.8 Å². The van der Waals surface area contributed by atoms with Gasteiger partial charge in [0.1, 0.15) is 11.5 Å². The van der Waals surface area contributed by atoms with Gasteiger partial charge < -0.3 is 20.0 Å². The highest BCUT2D eigenvalue weighted by Crippen LogP contribution is 2.36. The number of hydrogen-bond acceptors (Lipinski definition) is 4. The Morgan fingerprint density at radius 2 is 0.900 bits per heavy atom. The molecular formula is C50H36BBrN6O2. The quantitative estimate of drug-likeness (QED) is 0.132. The first-order valence-corrected chi connectivity index (χ1v) is 20.4. The van der Waals surface area contributed by atoms with Gasteiger partial charge in [0.25, 0.3) is 0 Å². The zero-order valence-corrected chi connectivity index (χ0v) is 33.7. The Kier molecular flexibility index (Phi) is 9.79. The highest BCUT2D eigenvalue weighted by molar-refractivity contribution is 9.10. The van der Waals surface area contributed by atoms with Crippen molar-refractivity contribution in [3.8, 4) is 22.8 Å². The van der Waals surface area contributed by atoms with Gasteiger partial charge in [-0.25, -0.2) is 9.97 Å². The van der Waals surface area contributed by atoms with Crippen LogP contribution in [0.1, 0.15) is 0 Å². The highest BCUT2D eigenvalue weighted by atomic mass is 79.9. The number of halogens is 1. The van der Waals surface area contributed by atoms with Crippen molar-refractivity contribution in [1.29, 1.82) is 0 Å². The molecule has 10 heteroatoms. The van der Waals surface area contributed by atoms with Crippen LogP contribution in [0.15, 0.2) is 199 Å². The first-order valence-electron chi connectivity index (χ1n) is 19.6. The number of aromatic amines is 2. The smallest absolute Gasteiger partial charge is 0.421 e. The number of rotatable bonds is 4. The summed E-state index contributed by atoms with van der Waals surface area (Å²) in [7, 11) is -1.60. The van der Waals surface area contributed by atoms with Crippen LogP contribution in [0.4, 0.5) is 0 Å². The minimum Gasteiger partial charge on any atom is -0.421 e. The SMILES string of the molecule is Brc1cccc2c1[nH]c1ccccc12.OB(O)c1nc2ccccc2n1-c1ccccc1.c1ccc(-n2c(-c3cccc4c3[nH]c3ccccc34)nc3ccccc32)cc1. The van der Waals surface area contributed by atoms with Gasteiger partial charge in [0, 0.05) is 54.0 Å². The number of aromatic nitrogens is 6. The van der Waals surface area contributed by atoms with Crippen LogP contribution >= 0.6 is 15.9 Å². The molecule has 0 atom stereocenters. The van der Waals surface area contributed by atoms with Crippen LogP contribution in [0.25, 0.3) is 88.4 Å². The number of imidazole rings is 2. The molecule has 12 rings (SSSR count). The molecule has 8 aromatic carbocycles. The van der Waals surface area contributed by atoms with E-state index in [4.69, 9.17) is 4.98 Å². The van der Waals surface area contributed by atoms with Gasteiger partial charge in [-0.2, -0.15) is 0 Å². The van der Waals surface area contributed by atoms with Crippen LogP contribution in [-0.4, -0.2) is 46.2 Å². The fourth-order valence-electron chi connectivity index (χ4n) is 8.01. The van der Waals surface area contributed by atoms with E-state index in [0.29, 0.717) is 0 Å². The summed E-state index contributed by atoms with van der Waals surface area (Å²) in [5.41, 5.74) is 11.6. The second-order valence-corrected chi connectivity index (χ2v) is 15.2. The van der Waals surface area contributed by atoms with E-state index in [-0.39, 0.29) is 5.72 Å². The Morgan fingerprint density at radius 1 is 0.433 bits per heavy atom. The molecule has 4 N–H and O–H groups in total. The van der Waals surface area contributed by atoms with E-state index in [9.17, 15) is 10.0 Å². The molecule has 0 aliphatic carbocycles. The van der Waals surface area contributed by atoms with E-state index in [1.54, 1.807) is 4.57 Å².